The second-order valence-corrected chi connectivity index (χ2v) is 6.48. The summed E-state index contributed by atoms with van der Waals surface area (Å²) in [5.41, 5.74) is 2.54. The molecule has 3 rings (SSSR count). The van der Waals surface area contributed by atoms with Crippen LogP contribution >= 0.6 is 23.7 Å². The number of hydrogen-bond acceptors (Lipinski definition) is 4. The van der Waals surface area contributed by atoms with E-state index in [4.69, 9.17) is 0 Å². The number of nitrogens with zero attached hydrogens (tertiary/aromatic N) is 3. The molecule has 0 atom stereocenters. The van der Waals surface area contributed by atoms with Crippen LogP contribution < -0.4 is 4.90 Å². The van der Waals surface area contributed by atoms with Crippen LogP contribution in [0.2, 0.25) is 0 Å². The number of amides is 1. The Balaban J connectivity index is 0.00000192. The van der Waals surface area contributed by atoms with Crippen molar-refractivity contribution in [1.29, 1.82) is 0 Å². The molecule has 1 aromatic carbocycles. The molecule has 6 heteroatoms. The van der Waals surface area contributed by atoms with E-state index in [-0.39, 0.29) is 18.3 Å². The Bertz CT molecular complexity index is 625. The Morgan fingerprint density at radius 3 is 2.61 bits per heavy atom. The molecule has 1 fully saturated rings. The van der Waals surface area contributed by atoms with Crippen LogP contribution in [-0.2, 0) is 11.2 Å². The second-order valence-electron chi connectivity index (χ2n) is 5.61. The van der Waals surface area contributed by atoms with Crippen molar-refractivity contribution in [2.75, 3.05) is 31.1 Å². The third-order valence-electron chi connectivity index (χ3n) is 4.19. The maximum Gasteiger partial charge on any atom is 0.223 e. The van der Waals surface area contributed by atoms with Crippen LogP contribution in [0.25, 0.3) is 0 Å². The van der Waals surface area contributed by atoms with Gasteiger partial charge in [0.15, 0.2) is 5.13 Å². The molecule has 0 radical (unpaired) electrons. The first-order valence-electron chi connectivity index (χ1n) is 7.71. The summed E-state index contributed by atoms with van der Waals surface area (Å²) < 4.78 is 0. The van der Waals surface area contributed by atoms with E-state index in [0.717, 1.165) is 37.7 Å². The number of halogens is 1. The summed E-state index contributed by atoms with van der Waals surface area (Å²) in [4.78, 5) is 21.0. The number of anilines is 1. The van der Waals surface area contributed by atoms with Gasteiger partial charge < -0.3 is 9.80 Å². The van der Waals surface area contributed by atoms with Crippen LogP contribution in [0.1, 0.15) is 17.5 Å². The second kappa shape index (κ2) is 8.31. The molecule has 0 bridgehead atoms. The van der Waals surface area contributed by atoms with Crippen LogP contribution in [0, 0.1) is 6.92 Å². The van der Waals surface area contributed by atoms with Crippen LogP contribution in [0.5, 0.6) is 0 Å². The van der Waals surface area contributed by atoms with Gasteiger partial charge in [-0.05, 0) is 24.5 Å². The Hall–Kier alpha value is -1.59. The standard InChI is InChI=1S/C17H21N3OS.ClH/c1-14-4-2-3-5-15(14)6-7-16(21)19-9-11-20(12-10-19)17-18-8-13-22-17;/h2-5,8,13H,6-7,9-12H2,1H3;1H. The lowest BCUT2D eigenvalue weighted by molar-refractivity contribution is -0.131. The lowest BCUT2D eigenvalue weighted by Crippen LogP contribution is -2.48. The molecule has 124 valence electrons. The van der Waals surface area contributed by atoms with Crippen molar-refractivity contribution in [3.8, 4) is 0 Å². The van der Waals surface area contributed by atoms with Crippen LogP contribution in [-0.4, -0.2) is 42.0 Å². The molecule has 1 aliphatic heterocycles. The zero-order valence-corrected chi connectivity index (χ0v) is 14.9. The molecule has 23 heavy (non-hydrogen) atoms. The van der Waals surface area contributed by atoms with E-state index in [1.165, 1.54) is 11.1 Å². The van der Waals surface area contributed by atoms with E-state index in [1.54, 1.807) is 11.3 Å². The van der Waals surface area contributed by atoms with Gasteiger partial charge in [-0.2, -0.15) is 0 Å². The third-order valence-corrected chi connectivity index (χ3v) is 5.02. The molecule has 2 aromatic rings. The highest BCUT2D eigenvalue weighted by atomic mass is 35.5. The maximum atomic E-state index is 12.4. The summed E-state index contributed by atoms with van der Waals surface area (Å²) in [5, 5.41) is 3.06. The van der Waals surface area contributed by atoms with Gasteiger partial charge in [-0.15, -0.1) is 23.7 Å². The Labute approximate surface area is 147 Å². The number of benzene rings is 1. The molecule has 0 aliphatic carbocycles. The smallest absolute Gasteiger partial charge is 0.223 e. The van der Waals surface area contributed by atoms with Gasteiger partial charge in [-0.25, -0.2) is 4.98 Å². The van der Waals surface area contributed by atoms with E-state index in [2.05, 4.69) is 28.9 Å². The van der Waals surface area contributed by atoms with Crippen molar-refractivity contribution >= 4 is 34.8 Å². The summed E-state index contributed by atoms with van der Waals surface area (Å²) in [6, 6.07) is 8.30. The van der Waals surface area contributed by atoms with E-state index >= 15 is 0 Å². The van der Waals surface area contributed by atoms with E-state index in [0.29, 0.717) is 6.42 Å². The third kappa shape index (κ3) is 4.45. The first kappa shape index (κ1) is 17.8. The van der Waals surface area contributed by atoms with Crippen molar-refractivity contribution in [2.24, 2.45) is 0 Å². The van der Waals surface area contributed by atoms with Gasteiger partial charge in [0.05, 0.1) is 0 Å². The van der Waals surface area contributed by atoms with E-state index in [9.17, 15) is 4.79 Å². The summed E-state index contributed by atoms with van der Waals surface area (Å²) in [5.74, 6) is 0.266. The van der Waals surface area contributed by atoms with Crippen LogP contribution in [0.3, 0.4) is 0 Å². The summed E-state index contributed by atoms with van der Waals surface area (Å²) in [7, 11) is 0. The van der Waals surface area contributed by atoms with Gasteiger partial charge in [0.2, 0.25) is 5.91 Å². The molecule has 1 aliphatic rings. The number of thiazole rings is 1. The van der Waals surface area contributed by atoms with Crippen molar-refractivity contribution in [3.63, 3.8) is 0 Å². The number of hydrogen-bond donors (Lipinski definition) is 0. The molecule has 0 saturated carbocycles. The molecule has 1 aromatic heterocycles. The summed E-state index contributed by atoms with van der Waals surface area (Å²) in [6.07, 6.45) is 3.26. The molecule has 4 nitrogen and oxygen atoms in total. The Morgan fingerprint density at radius 1 is 1.22 bits per heavy atom. The molecular formula is C17H22ClN3OS. The molecule has 0 unspecified atom stereocenters. The van der Waals surface area contributed by atoms with Crippen LogP contribution in [0.15, 0.2) is 35.8 Å². The van der Waals surface area contributed by atoms with Crippen molar-refractivity contribution in [1.82, 2.24) is 9.88 Å². The SMILES string of the molecule is Cc1ccccc1CCC(=O)N1CCN(c2nccs2)CC1.Cl. The zero-order valence-electron chi connectivity index (χ0n) is 13.3. The van der Waals surface area contributed by atoms with Crippen molar-refractivity contribution in [2.45, 2.75) is 19.8 Å². The lowest BCUT2D eigenvalue weighted by Gasteiger charge is -2.34. The number of piperazine rings is 1. The highest BCUT2D eigenvalue weighted by Crippen LogP contribution is 2.19. The highest BCUT2D eigenvalue weighted by molar-refractivity contribution is 7.13. The quantitative estimate of drug-likeness (QED) is 0.849. The lowest BCUT2D eigenvalue weighted by atomic mass is 10.0. The van der Waals surface area contributed by atoms with Gasteiger partial charge in [0.1, 0.15) is 0 Å². The number of carbonyl (C=O) groups excluding carboxylic acids is 1. The number of rotatable bonds is 4. The number of carbonyl (C=O) groups is 1. The average molecular weight is 352 g/mol. The van der Waals surface area contributed by atoms with E-state index in [1.807, 2.05) is 28.6 Å². The van der Waals surface area contributed by atoms with Gasteiger partial charge in [-0.3, -0.25) is 4.79 Å². The monoisotopic (exact) mass is 351 g/mol. The molecule has 1 amide bonds. The summed E-state index contributed by atoms with van der Waals surface area (Å²) >= 11 is 1.66. The maximum absolute atomic E-state index is 12.4. The van der Waals surface area contributed by atoms with E-state index < -0.39 is 0 Å². The molecule has 2 heterocycles. The molecular weight excluding hydrogens is 330 g/mol. The number of aryl methyl sites for hydroxylation is 2. The zero-order chi connectivity index (χ0) is 15.4. The first-order valence-corrected chi connectivity index (χ1v) is 8.59. The number of aromatic nitrogens is 1. The van der Waals surface area contributed by atoms with Gasteiger partial charge in [0, 0.05) is 44.2 Å². The minimum atomic E-state index is 0. The minimum Gasteiger partial charge on any atom is -0.345 e. The first-order chi connectivity index (χ1) is 10.7. The molecule has 0 N–H and O–H groups in total. The van der Waals surface area contributed by atoms with Gasteiger partial charge in [-0.1, -0.05) is 24.3 Å². The minimum absolute atomic E-state index is 0. The fraction of sp³-hybridized carbons (Fsp3) is 0.412. The Morgan fingerprint density at radius 2 is 1.96 bits per heavy atom. The van der Waals surface area contributed by atoms with Crippen molar-refractivity contribution in [3.05, 3.63) is 47.0 Å². The van der Waals surface area contributed by atoms with Gasteiger partial charge >= 0.3 is 0 Å². The van der Waals surface area contributed by atoms with Crippen LogP contribution in [0.4, 0.5) is 5.13 Å². The average Bonchev–Trinajstić information content (AvgIpc) is 3.08. The largest absolute Gasteiger partial charge is 0.345 e. The highest BCUT2D eigenvalue weighted by Gasteiger charge is 2.22. The summed E-state index contributed by atoms with van der Waals surface area (Å²) in [6.45, 7) is 5.46. The fourth-order valence-electron chi connectivity index (χ4n) is 2.81. The Kier molecular flexibility index (Phi) is 6.42. The predicted molar refractivity (Wildman–Crippen MR) is 97.7 cm³/mol. The molecule has 0 spiro atoms. The normalized spacial score (nSPS) is 14.5. The van der Waals surface area contributed by atoms with Gasteiger partial charge in [0.25, 0.3) is 0 Å². The van der Waals surface area contributed by atoms with Crippen molar-refractivity contribution < 1.29 is 4.79 Å². The predicted octanol–water partition coefficient (Wildman–Crippen LogP) is 3.15. The fourth-order valence-corrected chi connectivity index (χ4v) is 3.51. The topological polar surface area (TPSA) is 36.4 Å². The molecule has 1 saturated heterocycles.